The number of methoxy groups -OCH3 is 1. The van der Waals surface area contributed by atoms with Crippen LogP contribution in [-0.4, -0.2) is 26.2 Å². The molecule has 1 aromatic carbocycles. The lowest BCUT2D eigenvalue weighted by atomic mass is 9.81. The zero-order valence-electron chi connectivity index (χ0n) is 9.78. The second-order valence-electron chi connectivity index (χ2n) is 4.28. The molecular formula is C13H16FNO2. The molecule has 3 nitrogen and oxygen atoms in total. The summed E-state index contributed by atoms with van der Waals surface area (Å²) in [7, 11) is 1.41. The number of halogens is 1. The average Bonchev–Trinajstić information content (AvgIpc) is 2.39. The molecule has 1 N–H and O–H groups in total. The van der Waals surface area contributed by atoms with Crippen LogP contribution in [0.2, 0.25) is 0 Å². The molecule has 1 aliphatic rings. The van der Waals surface area contributed by atoms with Crippen molar-refractivity contribution in [3.63, 3.8) is 0 Å². The first kappa shape index (κ1) is 12.0. The molecule has 1 aliphatic heterocycles. The van der Waals surface area contributed by atoms with Crippen molar-refractivity contribution in [2.75, 3.05) is 20.2 Å². The minimum atomic E-state index is -0.257. The molecule has 0 aromatic heterocycles. The molecule has 0 aliphatic carbocycles. The summed E-state index contributed by atoms with van der Waals surface area (Å²) in [4.78, 5) is 11.7. The number of ether oxygens (including phenoxy) is 1. The predicted octanol–water partition coefficient (Wildman–Crippen LogP) is 1.69. The highest BCUT2D eigenvalue weighted by molar-refractivity contribution is 5.73. The van der Waals surface area contributed by atoms with Gasteiger partial charge in [0.05, 0.1) is 13.0 Å². The number of carbonyl (C=O) groups excluding carboxylic acids is 1. The molecule has 1 heterocycles. The standard InChI is InChI=1S/C13H16FNO2/c1-17-13(16)11-6-7-15-8-12(11)9-2-4-10(14)5-3-9/h2-5,11-12,15H,6-8H2,1H3/t11-,12+/m0/s1. The quantitative estimate of drug-likeness (QED) is 0.795. The van der Waals surface area contributed by atoms with Gasteiger partial charge in [-0.15, -0.1) is 0 Å². The van der Waals surface area contributed by atoms with Crippen LogP contribution in [0, 0.1) is 11.7 Å². The van der Waals surface area contributed by atoms with Crippen molar-refractivity contribution < 1.29 is 13.9 Å². The zero-order chi connectivity index (χ0) is 12.3. The summed E-state index contributed by atoms with van der Waals surface area (Å²) in [6, 6.07) is 6.34. The first-order valence-electron chi connectivity index (χ1n) is 5.76. The van der Waals surface area contributed by atoms with Crippen LogP contribution >= 0.6 is 0 Å². The van der Waals surface area contributed by atoms with Crippen molar-refractivity contribution in [1.82, 2.24) is 5.32 Å². The van der Waals surface area contributed by atoms with Gasteiger partial charge in [-0.1, -0.05) is 12.1 Å². The average molecular weight is 237 g/mol. The van der Waals surface area contributed by atoms with Crippen LogP contribution in [0.4, 0.5) is 4.39 Å². The van der Waals surface area contributed by atoms with Gasteiger partial charge in [0.2, 0.25) is 0 Å². The third kappa shape index (κ3) is 2.64. The molecule has 0 bridgehead atoms. The molecule has 1 aromatic rings. The van der Waals surface area contributed by atoms with Crippen LogP contribution in [0.25, 0.3) is 0 Å². The smallest absolute Gasteiger partial charge is 0.309 e. The van der Waals surface area contributed by atoms with Gasteiger partial charge < -0.3 is 10.1 Å². The number of nitrogens with one attached hydrogen (secondary N) is 1. The van der Waals surface area contributed by atoms with E-state index in [4.69, 9.17) is 4.74 Å². The van der Waals surface area contributed by atoms with Gasteiger partial charge in [0.25, 0.3) is 0 Å². The Balaban J connectivity index is 2.21. The maximum Gasteiger partial charge on any atom is 0.309 e. The summed E-state index contributed by atoms with van der Waals surface area (Å²) in [5, 5.41) is 3.26. The molecule has 0 saturated carbocycles. The van der Waals surface area contributed by atoms with Crippen LogP contribution in [0.5, 0.6) is 0 Å². The van der Waals surface area contributed by atoms with Gasteiger partial charge in [0, 0.05) is 12.5 Å². The Kier molecular flexibility index (Phi) is 3.74. The Morgan fingerprint density at radius 2 is 2.12 bits per heavy atom. The summed E-state index contributed by atoms with van der Waals surface area (Å²) < 4.78 is 17.7. The van der Waals surface area contributed by atoms with Gasteiger partial charge in [-0.05, 0) is 30.7 Å². The Labute approximate surface area is 100.0 Å². The SMILES string of the molecule is COC(=O)[C@H]1CCNC[C@@H]1c1ccc(F)cc1. The van der Waals surface area contributed by atoms with E-state index in [1.807, 2.05) is 0 Å². The zero-order valence-corrected chi connectivity index (χ0v) is 9.78. The fraction of sp³-hybridized carbons (Fsp3) is 0.462. The van der Waals surface area contributed by atoms with E-state index in [9.17, 15) is 9.18 Å². The first-order chi connectivity index (χ1) is 8.22. The normalized spacial score (nSPS) is 24.4. The van der Waals surface area contributed by atoms with Gasteiger partial charge in [-0.2, -0.15) is 0 Å². The van der Waals surface area contributed by atoms with Crippen molar-refractivity contribution in [2.24, 2.45) is 5.92 Å². The fourth-order valence-corrected chi connectivity index (χ4v) is 2.35. The summed E-state index contributed by atoms with van der Waals surface area (Å²) >= 11 is 0. The lowest BCUT2D eigenvalue weighted by molar-refractivity contribution is -0.147. The lowest BCUT2D eigenvalue weighted by Crippen LogP contribution is -2.39. The first-order valence-corrected chi connectivity index (χ1v) is 5.76. The van der Waals surface area contributed by atoms with Crippen LogP contribution < -0.4 is 5.32 Å². The third-order valence-electron chi connectivity index (χ3n) is 3.28. The van der Waals surface area contributed by atoms with Crippen molar-refractivity contribution in [2.45, 2.75) is 12.3 Å². The minimum absolute atomic E-state index is 0.0665. The molecule has 0 amide bonds. The van der Waals surface area contributed by atoms with E-state index >= 15 is 0 Å². The third-order valence-corrected chi connectivity index (χ3v) is 3.28. The van der Waals surface area contributed by atoms with Gasteiger partial charge in [-0.25, -0.2) is 4.39 Å². The number of rotatable bonds is 2. The fourth-order valence-electron chi connectivity index (χ4n) is 2.35. The van der Waals surface area contributed by atoms with Crippen molar-refractivity contribution in [3.05, 3.63) is 35.6 Å². The Bertz CT molecular complexity index is 391. The van der Waals surface area contributed by atoms with E-state index in [1.165, 1.54) is 19.2 Å². The number of hydrogen-bond acceptors (Lipinski definition) is 3. The summed E-state index contributed by atoms with van der Waals surface area (Å²) in [6.45, 7) is 1.54. The summed E-state index contributed by atoms with van der Waals surface area (Å²) in [6.07, 6.45) is 0.759. The highest BCUT2D eigenvalue weighted by Crippen LogP contribution is 2.30. The maximum absolute atomic E-state index is 12.9. The molecule has 2 rings (SSSR count). The number of carbonyl (C=O) groups is 1. The highest BCUT2D eigenvalue weighted by atomic mass is 19.1. The molecule has 2 atom stereocenters. The van der Waals surface area contributed by atoms with E-state index in [1.54, 1.807) is 12.1 Å². The van der Waals surface area contributed by atoms with Crippen LogP contribution in [-0.2, 0) is 9.53 Å². The number of benzene rings is 1. The second kappa shape index (κ2) is 5.27. The molecule has 1 saturated heterocycles. The van der Waals surface area contributed by atoms with Crippen LogP contribution in [0.1, 0.15) is 17.9 Å². The second-order valence-corrected chi connectivity index (χ2v) is 4.28. The predicted molar refractivity (Wildman–Crippen MR) is 62.1 cm³/mol. The summed E-state index contributed by atoms with van der Waals surface area (Å²) in [5.41, 5.74) is 0.981. The topological polar surface area (TPSA) is 38.3 Å². The maximum atomic E-state index is 12.9. The molecule has 4 heteroatoms. The van der Waals surface area contributed by atoms with E-state index in [0.29, 0.717) is 0 Å². The van der Waals surface area contributed by atoms with Gasteiger partial charge >= 0.3 is 5.97 Å². The molecule has 0 radical (unpaired) electrons. The minimum Gasteiger partial charge on any atom is -0.469 e. The largest absolute Gasteiger partial charge is 0.469 e. The van der Waals surface area contributed by atoms with E-state index in [2.05, 4.69) is 5.32 Å². The number of esters is 1. The molecule has 17 heavy (non-hydrogen) atoms. The monoisotopic (exact) mass is 237 g/mol. The Hall–Kier alpha value is -1.42. The molecule has 92 valence electrons. The Morgan fingerprint density at radius 1 is 1.41 bits per heavy atom. The Morgan fingerprint density at radius 3 is 2.76 bits per heavy atom. The van der Waals surface area contributed by atoms with Gasteiger partial charge in [0.1, 0.15) is 5.82 Å². The van der Waals surface area contributed by atoms with Gasteiger partial charge in [0.15, 0.2) is 0 Å². The number of piperidine rings is 1. The van der Waals surface area contributed by atoms with Crippen LogP contribution in [0.3, 0.4) is 0 Å². The van der Waals surface area contributed by atoms with Crippen molar-refractivity contribution in [1.29, 1.82) is 0 Å². The summed E-state index contributed by atoms with van der Waals surface area (Å²) in [5.74, 6) is -0.503. The van der Waals surface area contributed by atoms with Crippen LogP contribution in [0.15, 0.2) is 24.3 Å². The van der Waals surface area contributed by atoms with E-state index in [0.717, 1.165) is 25.1 Å². The molecule has 1 fully saturated rings. The van der Waals surface area contributed by atoms with Gasteiger partial charge in [-0.3, -0.25) is 4.79 Å². The molecule has 0 unspecified atom stereocenters. The molecular weight excluding hydrogens is 221 g/mol. The van der Waals surface area contributed by atoms with E-state index in [-0.39, 0.29) is 23.6 Å². The number of hydrogen-bond donors (Lipinski definition) is 1. The van der Waals surface area contributed by atoms with E-state index < -0.39 is 0 Å². The molecule has 0 spiro atoms. The highest BCUT2D eigenvalue weighted by Gasteiger charge is 2.32. The van der Waals surface area contributed by atoms with Crippen molar-refractivity contribution >= 4 is 5.97 Å². The van der Waals surface area contributed by atoms with Crippen molar-refractivity contribution in [3.8, 4) is 0 Å². The lowest BCUT2D eigenvalue weighted by Gasteiger charge is -2.30.